The van der Waals surface area contributed by atoms with Crippen LogP contribution in [0.25, 0.3) is 0 Å². The molecule has 0 aromatic carbocycles. The lowest BCUT2D eigenvalue weighted by Gasteiger charge is -2.33. The van der Waals surface area contributed by atoms with Crippen LogP contribution >= 0.6 is 11.3 Å². The number of hydrogen-bond acceptors (Lipinski definition) is 2. The highest BCUT2D eigenvalue weighted by Crippen LogP contribution is 2.45. The third kappa shape index (κ3) is 2.49. The standard InChI is InChI=1S/C14H22OS/c1-2-14(8-3-4-9-14)13(15)6-5-12-7-10-16-11-12/h7,10-11,13,15H,2-6,8-9H2,1H3. The lowest BCUT2D eigenvalue weighted by molar-refractivity contribution is 0.0192. The van der Waals surface area contributed by atoms with Crippen LogP contribution in [0.4, 0.5) is 0 Å². The summed E-state index contributed by atoms with van der Waals surface area (Å²) < 4.78 is 0. The molecule has 1 N–H and O–H groups in total. The molecule has 1 saturated carbocycles. The molecular formula is C14H22OS. The van der Waals surface area contributed by atoms with E-state index in [0.717, 1.165) is 19.3 Å². The molecule has 2 rings (SSSR count). The Balaban J connectivity index is 1.89. The molecule has 0 radical (unpaired) electrons. The minimum Gasteiger partial charge on any atom is -0.393 e. The van der Waals surface area contributed by atoms with Gasteiger partial charge in [0.05, 0.1) is 6.10 Å². The Bertz CT molecular complexity index is 299. The number of aryl methyl sites for hydroxylation is 1. The average molecular weight is 238 g/mol. The van der Waals surface area contributed by atoms with E-state index in [1.165, 1.54) is 31.2 Å². The van der Waals surface area contributed by atoms with Gasteiger partial charge in [-0.1, -0.05) is 19.8 Å². The van der Waals surface area contributed by atoms with E-state index in [1.54, 1.807) is 11.3 Å². The predicted molar refractivity (Wildman–Crippen MR) is 69.8 cm³/mol. The van der Waals surface area contributed by atoms with Crippen molar-refractivity contribution in [1.82, 2.24) is 0 Å². The predicted octanol–water partition coefficient (Wildman–Crippen LogP) is 4.01. The number of thiophene rings is 1. The maximum Gasteiger partial charge on any atom is 0.0599 e. The molecule has 16 heavy (non-hydrogen) atoms. The Morgan fingerprint density at radius 3 is 2.75 bits per heavy atom. The van der Waals surface area contributed by atoms with Crippen LogP contribution in [0.15, 0.2) is 16.8 Å². The van der Waals surface area contributed by atoms with Crippen molar-refractivity contribution in [2.75, 3.05) is 0 Å². The summed E-state index contributed by atoms with van der Waals surface area (Å²) in [5, 5.41) is 14.7. The number of hydrogen-bond donors (Lipinski definition) is 1. The first-order chi connectivity index (χ1) is 7.77. The molecule has 0 saturated heterocycles. The summed E-state index contributed by atoms with van der Waals surface area (Å²) >= 11 is 1.75. The Labute approximate surface area is 103 Å². The Morgan fingerprint density at radius 1 is 1.44 bits per heavy atom. The first kappa shape index (κ1) is 12.1. The smallest absolute Gasteiger partial charge is 0.0599 e. The number of rotatable bonds is 5. The van der Waals surface area contributed by atoms with Crippen molar-refractivity contribution < 1.29 is 5.11 Å². The van der Waals surface area contributed by atoms with Crippen LogP contribution < -0.4 is 0 Å². The van der Waals surface area contributed by atoms with E-state index < -0.39 is 0 Å². The van der Waals surface area contributed by atoms with Crippen LogP contribution in [-0.4, -0.2) is 11.2 Å². The Hall–Kier alpha value is -0.340. The normalized spacial score (nSPS) is 21.1. The molecule has 1 heterocycles. The fraction of sp³-hybridized carbons (Fsp3) is 0.714. The SMILES string of the molecule is CCC1(C(O)CCc2ccsc2)CCCC1. The molecule has 1 atom stereocenters. The molecule has 1 nitrogen and oxygen atoms in total. The lowest BCUT2D eigenvalue weighted by atomic mass is 9.76. The second-order valence-corrected chi connectivity index (χ2v) is 5.89. The molecule has 1 aromatic rings. The summed E-state index contributed by atoms with van der Waals surface area (Å²) in [6, 6.07) is 2.17. The van der Waals surface area contributed by atoms with Crippen LogP contribution in [0.2, 0.25) is 0 Å². The molecule has 1 aliphatic carbocycles. The molecule has 1 aliphatic rings. The monoisotopic (exact) mass is 238 g/mol. The topological polar surface area (TPSA) is 20.2 Å². The molecule has 2 heteroatoms. The fourth-order valence-electron chi connectivity index (χ4n) is 3.05. The third-order valence-electron chi connectivity index (χ3n) is 4.30. The van der Waals surface area contributed by atoms with Gasteiger partial charge in [-0.05, 0) is 59.9 Å². The molecule has 90 valence electrons. The Kier molecular flexibility index (Phi) is 4.04. The zero-order valence-corrected chi connectivity index (χ0v) is 10.9. The van der Waals surface area contributed by atoms with Gasteiger partial charge in [-0.3, -0.25) is 0 Å². The highest BCUT2D eigenvalue weighted by molar-refractivity contribution is 7.07. The second kappa shape index (κ2) is 5.33. The zero-order valence-electron chi connectivity index (χ0n) is 10.1. The highest BCUT2D eigenvalue weighted by Gasteiger charge is 2.38. The molecule has 0 bridgehead atoms. The van der Waals surface area contributed by atoms with Crippen molar-refractivity contribution in [3.05, 3.63) is 22.4 Å². The molecule has 0 aliphatic heterocycles. The van der Waals surface area contributed by atoms with Gasteiger partial charge < -0.3 is 5.11 Å². The van der Waals surface area contributed by atoms with Gasteiger partial charge in [0.1, 0.15) is 0 Å². The van der Waals surface area contributed by atoms with Gasteiger partial charge in [-0.25, -0.2) is 0 Å². The summed E-state index contributed by atoms with van der Waals surface area (Å²) in [6.45, 7) is 2.24. The maximum atomic E-state index is 10.4. The fourth-order valence-corrected chi connectivity index (χ4v) is 3.75. The summed E-state index contributed by atoms with van der Waals surface area (Å²) in [7, 11) is 0. The van der Waals surface area contributed by atoms with Gasteiger partial charge in [-0.15, -0.1) is 0 Å². The third-order valence-corrected chi connectivity index (χ3v) is 5.03. The van der Waals surface area contributed by atoms with Crippen molar-refractivity contribution in [2.45, 2.75) is 58.0 Å². The van der Waals surface area contributed by atoms with Gasteiger partial charge in [0.15, 0.2) is 0 Å². The van der Waals surface area contributed by atoms with Gasteiger partial charge >= 0.3 is 0 Å². The molecular weight excluding hydrogens is 216 g/mol. The van der Waals surface area contributed by atoms with E-state index in [1.807, 2.05) is 0 Å². The van der Waals surface area contributed by atoms with Crippen LogP contribution in [0.3, 0.4) is 0 Å². The molecule has 0 spiro atoms. The van der Waals surface area contributed by atoms with E-state index in [0.29, 0.717) is 0 Å². The van der Waals surface area contributed by atoms with E-state index in [4.69, 9.17) is 0 Å². The van der Waals surface area contributed by atoms with Crippen molar-refractivity contribution in [3.8, 4) is 0 Å². The summed E-state index contributed by atoms with van der Waals surface area (Å²) in [4.78, 5) is 0. The van der Waals surface area contributed by atoms with Gasteiger partial charge in [-0.2, -0.15) is 11.3 Å². The second-order valence-electron chi connectivity index (χ2n) is 5.11. The van der Waals surface area contributed by atoms with E-state index >= 15 is 0 Å². The molecule has 1 fully saturated rings. The van der Waals surface area contributed by atoms with Crippen LogP contribution in [0.5, 0.6) is 0 Å². The minimum absolute atomic E-state index is 0.0973. The molecule has 1 aromatic heterocycles. The van der Waals surface area contributed by atoms with Crippen LogP contribution in [0.1, 0.15) is 51.0 Å². The van der Waals surface area contributed by atoms with Gasteiger partial charge in [0, 0.05) is 0 Å². The Morgan fingerprint density at radius 2 is 2.19 bits per heavy atom. The summed E-state index contributed by atoms with van der Waals surface area (Å²) in [5.41, 5.74) is 1.63. The van der Waals surface area contributed by atoms with Crippen molar-refractivity contribution in [3.63, 3.8) is 0 Å². The van der Waals surface area contributed by atoms with Gasteiger partial charge in [0.2, 0.25) is 0 Å². The largest absolute Gasteiger partial charge is 0.393 e. The molecule has 1 unspecified atom stereocenters. The van der Waals surface area contributed by atoms with Gasteiger partial charge in [0.25, 0.3) is 0 Å². The van der Waals surface area contributed by atoms with Crippen LogP contribution in [0, 0.1) is 5.41 Å². The first-order valence-corrected chi connectivity index (χ1v) is 7.40. The first-order valence-electron chi connectivity index (χ1n) is 6.46. The minimum atomic E-state index is -0.0973. The van der Waals surface area contributed by atoms with Crippen LogP contribution in [-0.2, 0) is 6.42 Å². The van der Waals surface area contributed by atoms with Crippen molar-refractivity contribution in [2.24, 2.45) is 5.41 Å². The van der Waals surface area contributed by atoms with E-state index in [2.05, 4.69) is 23.8 Å². The quantitative estimate of drug-likeness (QED) is 0.821. The highest BCUT2D eigenvalue weighted by atomic mass is 32.1. The van der Waals surface area contributed by atoms with E-state index in [-0.39, 0.29) is 11.5 Å². The number of aliphatic hydroxyl groups excluding tert-OH is 1. The summed E-state index contributed by atoms with van der Waals surface area (Å²) in [6.07, 6.45) is 8.09. The lowest BCUT2D eigenvalue weighted by Crippen LogP contribution is -2.32. The summed E-state index contributed by atoms with van der Waals surface area (Å²) in [5.74, 6) is 0. The van der Waals surface area contributed by atoms with Crippen molar-refractivity contribution in [1.29, 1.82) is 0 Å². The average Bonchev–Trinajstić information content (AvgIpc) is 2.97. The number of aliphatic hydroxyl groups is 1. The van der Waals surface area contributed by atoms with Crippen molar-refractivity contribution >= 4 is 11.3 Å². The zero-order chi connectivity index (χ0) is 11.4. The van der Waals surface area contributed by atoms with E-state index in [9.17, 15) is 5.11 Å². The maximum absolute atomic E-state index is 10.4. The molecule has 0 amide bonds.